The van der Waals surface area contributed by atoms with Gasteiger partial charge in [0, 0.05) is 19.4 Å². The van der Waals surface area contributed by atoms with Crippen LogP contribution in [0.3, 0.4) is 0 Å². The molecule has 0 unspecified atom stereocenters. The van der Waals surface area contributed by atoms with Crippen molar-refractivity contribution in [3.05, 3.63) is 57.6 Å². The van der Waals surface area contributed by atoms with Gasteiger partial charge in [0.15, 0.2) is 5.65 Å². The Labute approximate surface area is 133 Å². The fraction of sp³-hybridized carbons (Fsp3) is 0.143. The summed E-state index contributed by atoms with van der Waals surface area (Å²) in [5.41, 5.74) is 2.07. The number of aromatic nitrogens is 6. The molecule has 4 aromatic rings. The summed E-state index contributed by atoms with van der Waals surface area (Å²) < 4.78 is 5.55. The molecule has 0 radical (unpaired) electrons. The van der Waals surface area contributed by atoms with Crippen LogP contribution in [0.1, 0.15) is 5.69 Å². The normalized spacial score (nSPS) is 11.5. The molecule has 0 N–H and O–H groups in total. The van der Waals surface area contributed by atoms with Gasteiger partial charge in [-0.25, -0.2) is 14.6 Å². The number of hydrogen-bond acceptors (Lipinski definition) is 4. The average Bonchev–Trinajstić information content (AvgIpc) is 3.03. The van der Waals surface area contributed by atoms with E-state index in [2.05, 4.69) is 31.0 Å². The molecule has 0 bridgehead atoms. The smallest absolute Gasteiger partial charge is 0.266 e. The molecule has 0 fully saturated rings. The van der Waals surface area contributed by atoms with Crippen molar-refractivity contribution in [3.63, 3.8) is 0 Å². The van der Waals surface area contributed by atoms with E-state index in [-0.39, 0.29) is 5.56 Å². The highest BCUT2D eigenvalue weighted by molar-refractivity contribution is 9.10. The van der Waals surface area contributed by atoms with E-state index in [1.165, 1.54) is 10.9 Å². The highest BCUT2D eigenvalue weighted by Crippen LogP contribution is 2.17. The van der Waals surface area contributed by atoms with Crippen LogP contribution in [-0.2, 0) is 13.6 Å². The zero-order valence-electron chi connectivity index (χ0n) is 11.6. The van der Waals surface area contributed by atoms with Gasteiger partial charge < -0.3 is 4.40 Å². The van der Waals surface area contributed by atoms with E-state index in [0.29, 0.717) is 22.2 Å². The van der Waals surface area contributed by atoms with Crippen molar-refractivity contribution in [2.75, 3.05) is 0 Å². The Bertz CT molecular complexity index is 1030. The van der Waals surface area contributed by atoms with Crippen molar-refractivity contribution < 1.29 is 0 Å². The molecule has 4 aromatic heterocycles. The van der Waals surface area contributed by atoms with Gasteiger partial charge in [-0.1, -0.05) is 6.07 Å². The number of aryl methyl sites for hydroxylation is 1. The SMILES string of the molecule is Cn1nc(Br)c2c(=O)n(Cc3cn4ccccc4n3)cnc21. The summed E-state index contributed by atoms with van der Waals surface area (Å²) in [6, 6.07) is 5.79. The summed E-state index contributed by atoms with van der Waals surface area (Å²) in [6.45, 7) is 0.366. The van der Waals surface area contributed by atoms with E-state index in [9.17, 15) is 4.79 Å². The molecule has 8 heteroatoms. The topological polar surface area (TPSA) is 70.0 Å². The highest BCUT2D eigenvalue weighted by Gasteiger charge is 2.14. The Morgan fingerprint density at radius 1 is 1.32 bits per heavy atom. The number of nitrogens with zero attached hydrogens (tertiary/aromatic N) is 6. The first-order valence-corrected chi connectivity index (χ1v) is 7.43. The molecule has 7 nitrogen and oxygen atoms in total. The molecular formula is C14H11BrN6O. The summed E-state index contributed by atoms with van der Waals surface area (Å²) in [5, 5.41) is 4.65. The molecular weight excluding hydrogens is 348 g/mol. The number of imidazole rings is 1. The number of pyridine rings is 1. The van der Waals surface area contributed by atoms with Gasteiger partial charge in [-0.2, -0.15) is 5.10 Å². The van der Waals surface area contributed by atoms with Gasteiger partial charge in [-0.05, 0) is 28.1 Å². The minimum Gasteiger partial charge on any atom is -0.307 e. The summed E-state index contributed by atoms with van der Waals surface area (Å²) in [5.74, 6) is 0. The first kappa shape index (κ1) is 13.2. The van der Waals surface area contributed by atoms with Gasteiger partial charge in [0.2, 0.25) is 0 Å². The third-order valence-electron chi connectivity index (χ3n) is 3.51. The van der Waals surface area contributed by atoms with Gasteiger partial charge in [0.1, 0.15) is 22.0 Å². The Balaban J connectivity index is 1.82. The van der Waals surface area contributed by atoms with Crippen molar-refractivity contribution in [3.8, 4) is 0 Å². The summed E-state index contributed by atoms with van der Waals surface area (Å²) >= 11 is 3.31. The molecule has 0 saturated heterocycles. The van der Waals surface area contributed by atoms with E-state index in [1.807, 2.05) is 35.0 Å². The summed E-state index contributed by atoms with van der Waals surface area (Å²) in [7, 11) is 1.76. The molecule has 0 aromatic carbocycles. The Kier molecular flexibility index (Phi) is 2.86. The van der Waals surface area contributed by atoms with Crippen LogP contribution in [0.2, 0.25) is 0 Å². The fourth-order valence-corrected chi connectivity index (χ4v) is 3.07. The largest absolute Gasteiger partial charge is 0.307 e. The van der Waals surface area contributed by atoms with Crippen LogP contribution in [0.15, 0.2) is 46.3 Å². The second-order valence-corrected chi connectivity index (χ2v) is 5.74. The maximum absolute atomic E-state index is 12.6. The molecule has 0 aliphatic heterocycles. The molecule has 4 rings (SSSR count). The van der Waals surface area contributed by atoms with Crippen LogP contribution in [-0.4, -0.2) is 28.7 Å². The van der Waals surface area contributed by atoms with Crippen LogP contribution in [0.25, 0.3) is 16.7 Å². The minimum absolute atomic E-state index is 0.137. The quantitative estimate of drug-likeness (QED) is 0.545. The van der Waals surface area contributed by atoms with E-state index in [4.69, 9.17) is 0 Å². The summed E-state index contributed by atoms with van der Waals surface area (Å²) in [4.78, 5) is 21.4. The molecule has 0 aliphatic carbocycles. The van der Waals surface area contributed by atoms with Crippen molar-refractivity contribution in [2.45, 2.75) is 6.54 Å². The number of hydrogen-bond donors (Lipinski definition) is 0. The van der Waals surface area contributed by atoms with Crippen molar-refractivity contribution in [1.29, 1.82) is 0 Å². The average molecular weight is 359 g/mol. The molecule has 0 atom stereocenters. The lowest BCUT2D eigenvalue weighted by atomic mass is 10.4. The molecule has 0 aliphatic rings. The lowest BCUT2D eigenvalue weighted by molar-refractivity contribution is 0.726. The predicted molar refractivity (Wildman–Crippen MR) is 84.8 cm³/mol. The van der Waals surface area contributed by atoms with Crippen molar-refractivity contribution in [1.82, 2.24) is 28.7 Å². The maximum atomic E-state index is 12.6. The van der Waals surface area contributed by atoms with Crippen molar-refractivity contribution >= 4 is 32.6 Å². The lowest BCUT2D eigenvalue weighted by Crippen LogP contribution is -2.21. The fourth-order valence-electron chi connectivity index (χ4n) is 2.49. The second kappa shape index (κ2) is 4.77. The highest BCUT2D eigenvalue weighted by atomic mass is 79.9. The van der Waals surface area contributed by atoms with Gasteiger partial charge >= 0.3 is 0 Å². The Hall–Kier alpha value is -2.48. The third kappa shape index (κ3) is 1.95. The van der Waals surface area contributed by atoms with Crippen LogP contribution in [0.4, 0.5) is 0 Å². The molecule has 0 saturated carbocycles. The van der Waals surface area contributed by atoms with Crippen LogP contribution >= 0.6 is 15.9 Å². The summed E-state index contributed by atoms with van der Waals surface area (Å²) in [6.07, 6.45) is 5.36. The van der Waals surface area contributed by atoms with Crippen LogP contribution in [0.5, 0.6) is 0 Å². The standard InChI is InChI=1S/C14H11BrN6O/c1-19-13-11(12(15)18-19)14(22)21(8-16-13)7-9-6-20-5-3-2-4-10(20)17-9/h2-6,8H,7H2,1H3. The maximum Gasteiger partial charge on any atom is 0.266 e. The molecule has 0 spiro atoms. The third-order valence-corrected chi connectivity index (χ3v) is 4.07. The van der Waals surface area contributed by atoms with Crippen molar-refractivity contribution in [2.24, 2.45) is 7.05 Å². The van der Waals surface area contributed by atoms with E-state index in [1.54, 1.807) is 11.7 Å². The second-order valence-electron chi connectivity index (χ2n) is 4.99. The van der Waals surface area contributed by atoms with E-state index < -0.39 is 0 Å². The van der Waals surface area contributed by atoms with E-state index in [0.717, 1.165) is 11.3 Å². The predicted octanol–water partition coefficient (Wildman–Crippen LogP) is 1.59. The van der Waals surface area contributed by atoms with Crippen LogP contribution < -0.4 is 5.56 Å². The number of halogens is 1. The number of fused-ring (bicyclic) bond motifs is 2. The Morgan fingerprint density at radius 3 is 3.00 bits per heavy atom. The van der Waals surface area contributed by atoms with Gasteiger partial charge in [0.05, 0.1) is 12.2 Å². The van der Waals surface area contributed by atoms with Crippen LogP contribution in [0, 0.1) is 0 Å². The van der Waals surface area contributed by atoms with Gasteiger partial charge in [-0.3, -0.25) is 9.36 Å². The minimum atomic E-state index is -0.137. The van der Waals surface area contributed by atoms with E-state index >= 15 is 0 Å². The zero-order valence-corrected chi connectivity index (χ0v) is 13.2. The first-order chi connectivity index (χ1) is 10.6. The first-order valence-electron chi connectivity index (χ1n) is 6.64. The lowest BCUT2D eigenvalue weighted by Gasteiger charge is -2.02. The Morgan fingerprint density at radius 2 is 2.18 bits per heavy atom. The molecule has 110 valence electrons. The number of rotatable bonds is 2. The molecule has 0 amide bonds. The monoisotopic (exact) mass is 358 g/mol. The molecule has 4 heterocycles. The molecule has 22 heavy (non-hydrogen) atoms. The van der Waals surface area contributed by atoms with Gasteiger partial charge in [0.25, 0.3) is 5.56 Å². The zero-order chi connectivity index (χ0) is 15.3. The van der Waals surface area contributed by atoms with Gasteiger partial charge in [-0.15, -0.1) is 0 Å².